The van der Waals surface area contributed by atoms with Gasteiger partial charge in [0.05, 0.1) is 11.2 Å². The molecule has 23 heavy (non-hydrogen) atoms. The summed E-state index contributed by atoms with van der Waals surface area (Å²) in [6.45, 7) is 5.94. The van der Waals surface area contributed by atoms with Crippen LogP contribution in [0.15, 0.2) is 48.4 Å². The number of nitrogens with one attached hydrogen (secondary N) is 1. The summed E-state index contributed by atoms with van der Waals surface area (Å²) < 4.78 is 1.41. The van der Waals surface area contributed by atoms with Gasteiger partial charge in [0, 0.05) is 23.3 Å². The van der Waals surface area contributed by atoms with Crippen LogP contribution >= 0.6 is 11.3 Å². The number of hydrogen-bond acceptors (Lipinski definition) is 4. The Morgan fingerprint density at radius 1 is 1.26 bits per heavy atom. The molecule has 2 aromatic heterocycles. The van der Waals surface area contributed by atoms with Crippen molar-refractivity contribution in [1.82, 2.24) is 19.9 Å². The molecule has 0 saturated heterocycles. The summed E-state index contributed by atoms with van der Waals surface area (Å²) in [7, 11) is 0. The van der Waals surface area contributed by atoms with Crippen LogP contribution in [-0.2, 0) is 5.54 Å². The number of rotatable bonds is 3. The van der Waals surface area contributed by atoms with E-state index in [-0.39, 0.29) is 6.03 Å². The number of amides is 1. The molecule has 0 aliphatic rings. The van der Waals surface area contributed by atoms with Gasteiger partial charge >= 0.3 is 6.03 Å². The molecular formula is C17H18N4OS. The Bertz CT molecular complexity index is 804. The third kappa shape index (κ3) is 3.32. The molecule has 3 rings (SSSR count). The Morgan fingerprint density at radius 3 is 2.65 bits per heavy atom. The number of hydrogen-bond donors (Lipinski definition) is 1. The quantitative estimate of drug-likeness (QED) is 0.796. The van der Waals surface area contributed by atoms with Crippen molar-refractivity contribution < 1.29 is 4.79 Å². The lowest BCUT2D eigenvalue weighted by Gasteiger charge is -2.24. The van der Waals surface area contributed by atoms with Gasteiger partial charge in [0.15, 0.2) is 0 Å². The molecule has 118 valence electrons. The Labute approximate surface area is 139 Å². The van der Waals surface area contributed by atoms with E-state index in [4.69, 9.17) is 4.98 Å². The molecule has 0 spiro atoms. The third-order valence-corrected chi connectivity index (χ3v) is 4.49. The van der Waals surface area contributed by atoms with Crippen LogP contribution < -0.4 is 5.32 Å². The molecule has 0 radical (unpaired) electrons. The number of benzene rings is 1. The first kappa shape index (κ1) is 15.4. The Kier molecular flexibility index (Phi) is 4.00. The monoisotopic (exact) mass is 326 g/mol. The van der Waals surface area contributed by atoms with Gasteiger partial charge in [-0.3, -0.25) is 4.57 Å². The number of imidazole rings is 1. The van der Waals surface area contributed by atoms with Gasteiger partial charge in [-0.25, -0.2) is 14.8 Å². The van der Waals surface area contributed by atoms with Gasteiger partial charge in [-0.15, -0.1) is 11.3 Å². The van der Waals surface area contributed by atoms with E-state index in [0.29, 0.717) is 0 Å². The summed E-state index contributed by atoms with van der Waals surface area (Å²) in [5.41, 5.74) is 2.58. The van der Waals surface area contributed by atoms with Crippen LogP contribution in [0.25, 0.3) is 10.6 Å². The molecule has 0 atom stereocenters. The summed E-state index contributed by atoms with van der Waals surface area (Å²) in [6, 6.07) is 8.05. The van der Waals surface area contributed by atoms with Crippen molar-refractivity contribution in [2.24, 2.45) is 0 Å². The Balaban J connectivity index is 1.80. The van der Waals surface area contributed by atoms with E-state index in [1.165, 1.54) is 16.5 Å². The highest BCUT2D eigenvalue weighted by Crippen LogP contribution is 2.29. The average molecular weight is 326 g/mol. The average Bonchev–Trinajstić information content (AvgIpc) is 3.20. The Morgan fingerprint density at radius 2 is 2.00 bits per heavy atom. The van der Waals surface area contributed by atoms with E-state index in [1.54, 1.807) is 23.7 Å². The lowest BCUT2D eigenvalue weighted by molar-refractivity contribution is 0.231. The van der Waals surface area contributed by atoms with Crippen molar-refractivity contribution >= 4 is 17.4 Å². The van der Waals surface area contributed by atoms with Crippen LogP contribution in [0.5, 0.6) is 0 Å². The molecule has 0 unspecified atom stereocenters. The first-order chi connectivity index (χ1) is 11.0. The predicted octanol–water partition coefficient (Wildman–Crippen LogP) is 3.81. The van der Waals surface area contributed by atoms with Crippen LogP contribution in [-0.4, -0.2) is 20.6 Å². The van der Waals surface area contributed by atoms with Crippen LogP contribution in [0, 0.1) is 6.92 Å². The molecule has 0 aliphatic heterocycles. The number of aromatic nitrogens is 3. The van der Waals surface area contributed by atoms with E-state index >= 15 is 0 Å². The first-order valence-corrected chi connectivity index (χ1v) is 8.17. The zero-order valence-corrected chi connectivity index (χ0v) is 14.1. The summed E-state index contributed by atoms with van der Waals surface area (Å²) in [4.78, 5) is 20.8. The van der Waals surface area contributed by atoms with Gasteiger partial charge in [-0.1, -0.05) is 29.8 Å². The zero-order valence-electron chi connectivity index (χ0n) is 13.3. The van der Waals surface area contributed by atoms with E-state index < -0.39 is 5.54 Å². The number of carbonyl (C=O) groups is 1. The number of thiazole rings is 1. The minimum atomic E-state index is -0.569. The second-order valence-corrected chi connectivity index (χ2v) is 6.79. The summed E-state index contributed by atoms with van der Waals surface area (Å²) in [6.07, 6.45) is 4.67. The van der Waals surface area contributed by atoms with Crippen molar-refractivity contribution in [2.75, 3.05) is 0 Å². The van der Waals surface area contributed by atoms with Gasteiger partial charge < -0.3 is 5.32 Å². The molecule has 1 N–H and O–H groups in total. The van der Waals surface area contributed by atoms with Crippen LogP contribution in [0.2, 0.25) is 0 Å². The van der Waals surface area contributed by atoms with E-state index in [1.807, 2.05) is 19.2 Å². The van der Waals surface area contributed by atoms with Crippen molar-refractivity contribution in [3.05, 3.63) is 59.6 Å². The smallest absolute Gasteiger partial charge is 0.327 e. The van der Waals surface area contributed by atoms with Crippen molar-refractivity contribution in [3.8, 4) is 10.6 Å². The van der Waals surface area contributed by atoms with Crippen molar-refractivity contribution in [3.63, 3.8) is 0 Å². The molecule has 0 bridgehead atoms. The second-order valence-electron chi connectivity index (χ2n) is 5.93. The zero-order chi connectivity index (χ0) is 16.4. The van der Waals surface area contributed by atoms with Crippen molar-refractivity contribution in [2.45, 2.75) is 26.3 Å². The molecule has 1 amide bonds. The number of aryl methyl sites for hydroxylation is 1. The third-order valence-electron chi connectivity index (χ3n) is 3.60. The largest absolute Gasteiger partial charge is 0.327 e. The highest BCUT2D eigenvalue weighted by atomic mass is 32.1. The minimum absolute atomic E-state index is 0.225. The fourth-order valence-corrected chi connectivity index (χ4v) is 3.16. The van der Waals surface area contributed by atoms with E-state index in [9.17, 15) is 4.79 Å². The minimum Gasteiger partial charge on any atom is -0.327 e. The second kappa shape index (κ2) is 5.96. The van der Waals surface area contributed by atoms with Gasteiger partial charge in [0.2, 0.25) is 0 Å². The van der Waals surface area contributed by atoms with E-state index in [2.05, 4.69) is 41.5 Å². The number of carbonyl (C=O) groups excluding carboxylic acids is 1. The molecular weight excluding hydrogens is 308 g/mol. The topological polar surface area (TPSA) is 59.8 Å². The van der Waals surface area contributed by atoms with Crippen LogP contribution in [0.1, 0.15) is 25.1 Å². The van der Waals surface area contributed by atoms with Gasteiger partial charge in [-0.05, 0) is 20.8 Å². The first-order valence-electron chi connectivity index (χ1n) is 7.29. The standard InChI is InChI=1S/C17H18N4OS/c1-12-4-6-13(7-5-12)15-19-14(10-23-15)17(2,3)20-16(22)21-9-8-18-11-21/h4-11H,1-3H3,(H,20,22). The SMILES string of the molecule is Cc1ccc(-c2nc(C(C)(C)NC(=O)n3ccnc3)cs2)cc1. The molecule has 5 nitrogen and oxygen atoms in total. The number of nitrogens with zero attached hydrogens (tertiary/aromatic N) is 3. The van der Waals surface area contributed by atoms with E-state index in [0.717, 1.165) is 16.3 Å². The maximum absolute atomic E-state index is 12.2. The van der Waals surface area contributed by atoms with Gasteiger partial charge in [0.1, 0.15) is 11.3 Å². The molecule has 0 fully saturated rings. The Hall–Kier alpha value is -2.47. The summed E-state index contributed by atoms with van der Waals surface area (Å²) in [5, 5.41) is 5.92. The highest BCUT2D eigenvalue weighted by Gasteiger charge is 2.26. The predicted molar refractivity (Wildman–Crippen MR) is 91.5 cm³/mol. The van der Waals surface area contributed by atoms with Crippen molar-refractivity contribution in [1.29, 1.82) is 0 Å². The molecule has 2 heterocycles. The van der Waals surface area contributed by atoms with Gasteiger partial charge in [-0.2, -0.15) is 0 Å². The molecule has 0 saturated carbocycles. The summed E-state index contributed by atoms with van der Waals surface area (Å²) in [5.74, 6) is 0. The highest BCUT2D eigenvalue weighted by molar-refractivity contribution is 7.13. The van der Waals surface area contributed by atoms with Crippen LogP contribution in [0.4, 0.5) is 4.79 Å². The molecule has 3 aromatic rings. The lowest BCUT2D eigenvalue weighted by Crippen LogP contribution is -2.43. The maximum Gasteiger partial charge on any atom is 0.327 e. The summed E-state index contributed by atoms with van der Waals surface area (Å²) >= 11 is 1.58. The van der Waals surface area contributed by atoms with Crippen LogP contribution in [0.3, 0.4) is 0 Å². The normalized spacial score (nSPS) is 11.4. The van der Waals surface area contributed by atoms with Gasteiger partial charge in [0.25, 0.3) is 0 Å². The molecule has 1 aromatic carbocycles. The fraction of sp³-hybridized carbons (Fsp3) is 0.235. The molecule has 6 heteroatoms. The fourth-order valence-electron chi connectivity index (χ4n) is 2.16. The maximum atomic E-state index is 12.2. The molecule has 0 aliphatic carbocycles. The lowest BCUT2D eigenvalue weighted by atomic mass is 10.0.